The summed E-state index contributed by atoms with van der Waals surface area (Å²) in [6, 6.07) is 2.07. The maximum atomic E-state index is 11.1. The van der Waals surface area contributed by atoms with Gasteiger partial charge in [-0.15, -0.1) is 11.6 Å². The number of amides is 1. The number of carbonyl (C=O) groups excluding carboxylic acids is 1. The number of alkyl halides is 1. The number of hydrogen-bond donors (Lipinski definition) is 1. The van der Waals surface area contributed by atoms with Crippen molar-refractivity contribution in [3.8, 4) is 6.07 Å². The second kappa shape index (κ2) is 10.3. The van der Waals surface area contributed by atoms with E-state index in [0.29, 0.717) is 25.3 Å². The molecule has 0 heterocycles. The van der Waals surface area contributed by atoms with Crippen LogP contribution in [0.1, 0.15) is 38.5 Å². The van der Waals surface area contributed by atoms with Crippen molar-refractivity contribution in [2.24, 2.45) is 0 Å². The molecule has 0 fully saturated rings. The van der Waals surface area contributed by atoms with Crippen LogP contribution in [0.4, 0.5) is 0 Å². The van der Waals surface area contributed by atoms with Gasteiger partial charge in [-0.2, -0.15) is 5.26 Å². The molecule has 4 heteroatoms. The highest BCUT2D eigenvalue weighted by molar-refractivity contribution is 6.17. The van der Waals surface area contributed by atoms with Crippen LogP contribution in [0.5, 0.6) is 0 Å². The maximum Gasteiger partial charge on any atom is 0.219 e. The molecule has 80 valence electrons. The fourth-order valence-electron chi connectivity index (χ4n) is 1.03. The average molecular weight is 217 g/mol. The minimum Gasteiger partial charge on any atom is -0.356 e. The van der Waals surface area contributed by atoms with Crippen LogP contribution in [0.3, 0.4) is 0 Å². The van der Waals surface area contributed by atoms with Crippen molar-refractivity contribution in [1.29, 1.82) is 5.26 Å². The summed E-state index contributed by atoms with van der Waals surface area (Å²) in [5.41, 5.74) is 0. The van der Waals surface area contributed by atoms with E-state index >= 15 is 0 Å². The Labute approximate surface area is 90.4 Å². The molecule has 0 aliphatic rings. The molecule has 0 radical (unpaired) electrons. The van der Waals surface area contributed by atoms with E-state index in [4.69, 9.17) is 16.9 Å². The number of rotatable bonds is 8. The molecule has 0 unspecified atom stereocenters. The van der Waals surface area contributed by atoms with Gasteiger partial charge in [-0.25, -0.2) is 0 Å². The Balaban J connectivity index is 3.15. The number of hydrogen-bond acceptors (Lipinski definition) is 2. The van der Waals surface area contributed by atoms with Crippen molar-refractivity contribution in [3.63, 3.8) is 0 Å². The predicted molar refractivity (Wildman–Crippen MR) is 57.0 cm³/mol. The molecule has 0 aliphatic carbocycles. The van der Waals surface area contributed by atoms with E-state index in [9.17, 15) is 4.79 Å². The first-order valence-electron chi connectivity index (χ1n) is 5.01. The van der Waals surface area contributed by atoms with Crippen LogP contribution in [0, 0.1) is 11.3 Å². The summed E-state index contributed by atoms with van der Waals surface area (Å²) < 4.78 is 0. The molecule has 0 rings (SSSR count). The molecule has 14 heavy (non-hydrogen) atoms. The van der Waals surface area contributed by atoms with Crippen LogP contribution >= 0.6 is 11.6 Å². The molecule has 1 N–H and O–H groups in total. The molecule has 0 aromatic rings. The lowest BCUT2D eigenvalue weighted by Crippen LogP contribution is -2.23. The van der Waals surface area contributed by atoms with Gasteiger partial charge in [0.15, 0.2) is 0 Å². The van der Waals surface area contributed by atoms with Gasteiger partial charge in [0.2, 0.25) is 5.91 Å². The van der Waals surface area contributed by atoms with Crippen LogP contribution in [0.15, 0.2) is 0 Å². The fraction of sp³-hybridized carbons (Fsp3) is 0.800. The molecule has 0 saturated carbocycles. The van der Waals surface area contributed by atoms with Crippen LogP contribution in [-0.4, -0.2) is 18.3 Å². The summed E-state index contributed by atoms with van der Waals surface area (Å²) in [5.74, 6) is 0.710. The van der Waals surface area contributed by atoms with E-state index in [2.05, 4.69) is 11.4 Å². The summed E-state index contributed by atoms with van der Waals surface area (Å²) in [6.45, 7) is 0.682. The highest BCUT2D eigenvalue weighted by atomic mass is 35.5. The predicted octanol–water partition coefficient (Wildman–Crippen LogP) is 2.21. The highest BCUT2D eigenvalue weighted by Crippen LogP contribution is 1.97. The minimum absolute atomic E-state index is 0.0899. The standard InChI is InChI=1S/C10H17ClN2O/c11-7-3-2-6-10(14)13-9-5-1-4-8-12/h1-7,9H2,(H,13,14). The number of halogens is 1. The molecule has 0 spiro atoms. The largest absolute Gasteiger partial charge is 0.356 e. The van der Waals surface area contributed by atoms with E-state index in [1.807, 2.05) is 0 Å². The van der Waals surface area contributed by atoms with Crippen molar-refractivity contribution < 1.29 is 4.79 Å². The zero-order valence-electron chi connectivity index (χ0n) is 8.39. The summed E-state index contributed by atoms with van der Waals surface area (Å²) >= 11 is 5.48. The first-order chi connectivity index (χ1) is 6.81. The monoisotopic (exact) mass is 216 g/mol. The number of nitrogens with one attached hydrogen (secondary N) is 1. The smallest absolute Gasteiger partial charge is 0.219 e. The third-order valence-corrected chi connectivity index (χ3v) is 2.09. The van der Waals surface area contributed by atoms with Gasteiger partial charge in [0.05, 0.1) is 6.07 Å². The molecule has 1 amide bonds. The fourth-order valence-corrected chi connectivity index (χ4v) is 1.21. The number of unbranched alkanes of at least 4 members (excludes halogenated alkanes) is 3. The first kappa shape index (κ1) is 13.2. The lowest BCUT2D eigenvalue weighted by molar-refractivity contribution is -0.121. The molecular weight excluding hydrogens is 200 g/mol. The molecule has 0 atom stereocenters. The number of nitriles is 1. The van der Waals surface area contributed by atoms with E-state index in [-0.39, 0.29) is 5.91 Å². The van der Waals surface area contributed by atoms with Gasteiger partial charge in [-0.3, -0.25) is 4.79 Å². The van der Waals surface area contributed by atoms with E-state index in [1.165, 1.54) is 0 Å². The molecule has 0 aliphatic heterocycles. The molecule has 0 aromatic heterocycles. The Hall–Kier alpha value is -0.750. The first-order valence-corrected chi connectivity index (χ1v) is 5.54. The van der Waals surface area contributed by atoms with E-state index in [0.717, 1.165) is 25.7 Å². The highest BCUT2D eigenvalue weighted by Gasteiger charge is 1.99. The second-order valence-corrected chi connectivity index (χ2v) is 3.49. The lowest BCUT2D eigenvalue weighted by Gasteiger charge is -2.03. The van der Waals surface area contributed by atoms with Gasteiger partial charge in [-0.1, -0.05) is 0 Å². The van der Waals surface area contributed by atoms with Gasteiger partial charge < -0.3 is 5.32 Å². The average Bonchev–Trinajstić information content (AvgIpc) is 2.18. The zero-order valence-corrected chi connectivity index (χ0v) is 9.15. The van der Waals surface area contributed by atoms with Crippen LogP contribution < -0.4 is 5.32 Å². The summed E-state index contributed by atoms with van der Waals surface area (Å²) in [7, 11) is 0. The minimum atomic E-state index is 0.0899. The van der Waals surface area contributed by atoms with Gasteiger partial charge in [0.25, 0.3) is 0 Å². The Morgan fingerprint density at radius 3 is 2.71 bits per heavy atom. The van der Waals surface area contributed by atoms with E-state index < -0.39 is 0 Å². The Bertz CT molecular complexity index is 189. The SMILES string of the molecule is N#CCCCCNC(=O)CCCCCl. The van der Waals surface area contributed by atoms with E-state index in [1.54, 1.807) is 0 Å². The topological polar surface area (TPSA) is 52.9 Å². The molecule has 0 aromatic carbocycles. The Morgan fingerprint density at radius 2 is 2.07 bits per heavy atom. The number of nitrogens with zero attached hydrogens (tertiary/aromatic N) is 1. The van der Waals surface area contributed by atoms with Crippen LogP contribution in [0.2, 0.25) is 0 Å². The summed E-state index contributed by atoms with van der Waals surface area (Å²) in [4.78, 5) is 11.1. The molecular formula is C10H17ClN2O. The molecule has 0 saturated heterocycles. The number of carbonyl (C=O) groups is 1. The Morgan fingerprint density at radius 1 is 1.29 bits per heavy atom. The van der Waals surface area contributed by atoms with Gasteiger partial charge in [-0.05, 0) is 25.7 Å². The normalized spacial score (nSPS) is 9.43. The summed E-state index contributed by atoms with van der Waals surface area (Å²) in [5, 5.41) is 11.1. The van der Waals surface area contributed by atoms with Crippen molar-refractivity contribution in [1.82, 2.24) is 5.32 Å². The van der Waals surface area contributed by atoms with Gasteiger partial charge in [0.1, 0.15) is 0 Å². The quantitative estimate of drug-likeness (QED) is 0.500. The lowest BCUT2D eigenvalue weighted by atomic mass is 10.2. The van der Waals surface area contributed by atoms with Crippen molar-refractivity contribution in [2.45, 2.75) is 38.5 Å². The van der Waals surface area contributed by atoms with Crippen LogP contribution in [-0.2, 0) is 4.79 Å². The van der Waals surface area contributed by atoms with Gasteiger partial charge in [0, 0.05) is 25.3 Å². The molecule has 3 nitrogen and oxygen atoms in total. The van der Waals surface area contributed by atoms with Gasteiger partial charge >= 0.3 is 0 Å². The summed E-state index contributed by atoms with van der Waals surface area (Å²) in [6.07, 6.45) is 4.62. The van der Waals surface area contributed by atoms with Crippen molar-refractivity contribution in [3.05, 3.63) is 0 Å². The third kappa shape index (κ3) is 9.34. The second-order valence-electron chi connectivity index (χ2n) is 3.11. The van der Waals surface area contributed by atoms with Crippen LogP contribution in [0.25, 0.3) is 0 Å². The maximum absolute atomic E-state index is 11.1. The molecule has 0 bridgehead atoms. The van der Waals surface area contributed by atoms with Crippen molar-refractivity contribution >= 4 is 17.5 Å². The third-order valence-electron chi connectivity index (χ3n) is 1.82. The zero-order chi connectivity index (χ0) is 10.6. The van der Waals surface area contributed by atoms with Crippen molar-refractivity contribution in [2.75, 3.05) is 12.4 Å². The Kier molecular flexibility index (Phi) is 9.78.